The lowest BCUT2D eigenvalue weighted by atomic mass is 10.00. The molecule has 2 aliphatic heterocycles. The van der Waals surface area contributed by atoms with E-state index in [1.54, 1.807) is 0 Å². The molecular weight excluding hydrogens is 400 g/mol. The number of hydrogen-bond acceptors (Lipinski definition) is 5. The van der Waals surface area contributed by atoms with Crippen molar-refractivity contribution in [1.82, 2.24) is 9.80 Å². The highest BCUT2D eigenvalue weighted by Gasteiger charge is 2.31. The van der Waals surface area contributed by atoms with Gasteiger partial charge in [0.15, 0.2) is 0 Å². The number of nitrogens with zero attached hydrogens (tertiary/aromatic N) is 2. The molecule has 6 heteroatoms. The number of rotatable bonds is 3. The molecule has 0 unspecified atom stereocenters. The lowest BCUT2D eigenvalue weighted by molar-refractivity contribution is 0.0245. The van der Waals surface area contributed by atoms with Crippen LogP contribution in [-0.2, 0) is 13.1 Å². The van der Waals surface area contributed by atoms with Gasteiger partial charge < -0.3 is 9.15 Å². The van der Waals surface area contributed by atoms with E-state index in [0.717, 1.165) is 49.0 Å². The topological polar surface area (TPSA) is 45.9 Å². The van der Waals surface area contributed by atoms with Crippen molar-refractivity contribution in [2.45, 2.75) is 38.9 Å². The van der Waals surface area contributed by atoms with Gasteiger partial charge in [-0.05, 0) is 50.0 Å². The Balaban J connectivity index is 1.33. The zero-order chi connectivity index (χ0) is 20.7. The van der Waals surface area contributed by atoms with Crippen molar-refractivity contribution in [3.05, 3.63) is 74.6 Å². The van der Waals surface area contributed by atoms with E-state index in [1.165, 1.54) is 11.6 Å². The Morgan fingerprint density at radius 3 is 2.67 bits per heavy atom. The first-order valence-electron chi connectivity index (χ1n) is 10.5. The molecule has 1 aromatic heterocycles. The number of benzene rings is 2. The summed E-state index contributed by atoms with van der Waals surface area (Å²) in [5, 5.41) is 1.45. The Hall–Kier alpha value is -2.34. The minimum absolute atomic E-state index is 0.337. The number of aryl methyl sites for hydroxylation is 1. The van der Waals surface area contributed by atoms with Crippen LogP contribution in [0, 0.1) is 6.92 Å². The largest absolute Gasteiger partial charge is 0.476 e. The zero-order valence-corrected chi connectivity index (χ0v) is 17.8. The third-order valence-electron chi connectivity index (χ3n) is 6.30. The molecule has 0 aliphatic carbocycles. The molecule has 0 atom stereocenters. The molecule has 5 nitrogen and oxygen atoms in total. The van der Waals surface area contributed by atoms with E-state index in [9.17, 15) is 4.79 Å². The SMILES string of the molecule is Cc1cc(=O)oc2c3c(c(Cl)cc12)OCN(C1CCN(Cc2ccccc2)CC1)C3. The highest BCUT2D eigenvalue weighted by molar-refractivity contribution is 6.33. The van der Waals surface area contributed by atoms with Crippen LogP contribution in [0.4, 0.5) is 0 Å². The van der Waals surface area contributed by atoms with Gasteiger partial charge in [-0.1, -0.05) is 41.9 Å². The second-order valence-electron chi connectivity index (χ2n) is 8.30. The van der Waals surface area contributed by atoms with Crippen LogP contribution in [0.15, 0.2) is 51.7 Å². The standard InChI is InChI=1S/C24H25ClN2O3/c1-16-11-22(28)30-23-19(16)12-21(25)24-20(23)14-27(15-29-24)18-7-9-26(10-8-18)13-17-5-3-2-4-6-17/h2-6,11-12,18H,7-10,13-15H2,1H3. The fourth-order valence-corrected chi connectivity index (χ4v) is 4.95. The molecule has 2 aliphatic rings. The van der Waals surface area contributed by atoms with Crippen LogP contribution in [0.5, 0.6) is 5.75 Å². The van der Waals surface area contributed by atoms with Crippen molar-refractivity contribution in [3.63, 3.8) is 0 Å². The third kappa shape index (κ3) is 3.73. The second kappa shape index (κ2) is 8.06. The zero-order valence-electron chi connectivity index (χ0n) is 17.1. The normalized spacial score (nSPS) is 18.3. The summed E-state index contributed by atoms with van der Waals surface area (Å²) in [5.74, 6) is 0.649. The molecular formula is C24H25ClN2O3. The quantitative estimate of drug-likeness (QED) is 0.576. The van der Waals surface area contributed by atoms with Gasteiger partial charge >= 0.3 is 5.63 Å². The third-order valence-corrected chi connectivity index (χ3v) is 6.58. The van der Waals surface area contributed by atoms with Gasteiger partial charge in [-0.3, -0.25) is 9.80 Å². The Morgan fingerprint density at radius 2 is 1.90 bits per heavy atom. The molecule has 0 saturated carbocycles. The average molecular weight is 425 g/mol. The van der Waals surface area contributed by atoms with Crippen LogP contribution < -0.4 is 10.4 Å². The van der Waals surface area contributed by atoms with E-state index in [1.807, 2.05) is 13.0 Å². The lowest BCUT2D eigenvalue weighted by Gasteiger charge is -2.40. The van der Waals surface area contributed by atoms with E-state index < -0.39 is 0 Å². The van der Waals surface area contributed by atoms with Crippen LogP contribution in [0.2, 0.25) is 5.02 Å². The molecule has 0 spiro atoms. The van der Waals surface area contributed by atoms with E-state index in [2.05, 4.69) is 40.1 Å². The maximum atomic E-state index is 12.0. The van der Waals surface area contributed by atoms with Crippen LogP contribution in [0.25, 0.3) is 11.0 Å². The minimum atomic E-state index is -0.337. The maximum Gasteiger partial charge on any atom is 0.336 e. The van der Waals surface area contributed by atoms with Crippen molar-refractivity contribution in [3.8, 4) is 5.75 Å². The van der Waals surface area contributed by atoms with Crippen molar-refractivity contribution in [2.75, 3.05) is 19.8 Å². The van der Waals surface area contributed by atoms with Crippen molar-refractivity contribution < 1.29 is 9.15 Å². The Bertz CT molecular complexity index is 1120. The predicted octanol–water partition coefficient (Wildman–Crippen LogP) is 4.57. The average Bonchev–Trinajstić information content (AvgIpc) is 2.76. The number of fused-ring (bicyclic) bond motifs is 3. The van der Waals surface area contributed by atoms with Gasteiger partial charge in [0.1, 0.15) is 18.1 Å². The highest BCUT2D eigenvalue weighted by Crippen LogP contribution is 2.40. The van der Waals surface area contributed by atoms with Crippen molar-refractivity contribution >= 4 is 22.6 Å². The summed E-state index contributed by atoms with van der Waals surface area (Å²) in [5.41, 5.74) is 3.38. The minimum Gasteiger partial charge on any atom is -0.476 e. The van der Waals surface area contributed by atoms with Gasteiger partial charge in [-0.2, -0.15) is 0 Å². The summed E-state index contributed by atoms with van der Waals surface area (Å²) < 4.78 is 11.6. The molecule has 2 aromatic carbocycles. The summed E-state index contributed by atoms with van der Waals surface area (Å²) in [6, 6.07) is 14.4. The lowest BCUT2D eigenvalue weighted by Crippen LogP contribution is -2.47. The fraction of sp³-hybridized carbons (Fsp3) is 0.375. The van der Waals surface area contributed by atoms with Gasteiger partial charge in [0.2, 0.25) is 0 Å². The first-order valence-corrected chi connectivity index (χ1v) is 10.9. The second-order valence-corrected chi connectivity index (χ2v) is 8.71. The summed E-state index contributed by atoms with van der Waals surface area (Å²) in [4.78, 5) is 16.8. The predicted molar refractivity (Wildman–Crippen MR) is 118 cm³/mol. The first kappa shape index (κ1) is 19.6. The van der Waals surface area contributed by atoms with Gasteiger partial charge in [0.05, 0.1) is 10.6 Å². The number of ether oxygens (including phenoxy) is 1. The maximum absolute atomic E-state index is 12.0. The van der Waals surface area contributed by atoms with Crippen molar-refractivity contribution in [2.24, 2.45) is 0 Å². The molecule has 3 heterocycles. The number of likely N-dealkylation sites (tertiary alicyclic amines) is 1. The Morgan fingerprint density at radius 1 is 1.13 bits per heavy atom. The first-order chi connectivity index (χ1) is 14.6. The summed E-state index contributed by atoms with van der Waals surface area (Å²) >= 11 is 6.49. The van der Waals surface area contributed by atoms with E-state index in [4.69, 9.17) is 20.8 Å². The van der Waals surface area contributed by atoms with Gasteiger partial charge in [0, 0.05) is 30.6 Å². The summed E-state index contributed by atoms with van der Waals surface area (Å²) in [7, 11) is 0. The summed E-state index contributed by atoms with van der Waals surface area (Å²) in [6.45, 7) is 6.23. The Kier molecular flexibility index (Phi) is 5.27. The van der Waals surface area contributed by atoms with Gasteiger partial charge in [-0.25, -0.2) is 4.79 Å². The number of piperidine rings is 1. The molecule has 3 aromatic rings. The molecule has 0 N–H and O–H groups in total. The fourth-order valence-electron chi connectivity index (χ4n) is 4.68. The monoisotopic (exact) mass is 424 g/mol. The molecule has 30 heavy (non-hydrogen) atoms. The summed E-state index contributed by atoms with van der Waals surface area (Å²) in [6.07, 6.45) is 2.18. The van der Waals surface area contributed by atoms with E-state index in [0.29, 0.717) is 35.7 Å². The highest BCUT2D eigenvalue weighted by atomic mass is 35.5. The Labute approximate surface area is 180 Å². The number of hydrogen-bond donors (Lipinski definition) is 0. The smallest absolute Gasteiger partial charge is 0.336 e. The molecule has 5 rings (SSSR count). The molecule has 0 amide bonds. The van der Waals surface area contributed by atoms with E-state index >= 15 is 0 Å². The van der Waals surface area contributed by atoms with Crippen LogP contribution >= 0.6 is 11.6 Å². The van der Waals surface area contributed by atoms with E-state index in [-0.39, 0.29) is 5.63 Å². The van der Waals surface area contributed by atoms with Crippen LogP contribution in [0.1, 0.15) is 29.5 Å². The molecule has 1 fully saturated rings. The van der Waals surface area contributed by atoms with Gasteiger partial charge in [-0.15, -0.1) is 0 Å². The molecule has 0 radical (unpaired) electrons. The molecule has 0 bridgehead atoms. The van der Waals surface area contributed by atoms with Crippen molar-refractivity contribution in [1.29, 1.82) is 0 Å². The molecule has 156 valence electrons. The molecule has 1 saturated heterocycles. The van der Waals surface area contributed by atoms with Crippen LogP contribution in [0.3, 0.4) is 0 Å². The van der Waals surface area contributed by atoms with Crippen LogP contribution in [-0.4, -0.2) is 35.7 Å². The van der Waals surface area contributed by atoms with Gasteiger partial charge in [0.25, 0.3) is 0 Å². The number of halogens is 1.